The van der Waals surface area contributed by atoms with Gasteiger partial charge >= 0.3 is 5.97 Å². The smallest absolute Gasteiger partial charge is 0.345 e. The highest BCUT2D eigenvalue weighted by molar-refractivity contribution is 7.16. The molecule has 1 N–H and O–H groups in total. The predicted octanol–water partition coefficient (Wildman–Crippen LogP) is 2.67. The van der Waals surface area contributed by atoms with Crippen molar-refractivity contribution < 1.29 is 23.4 Å². The maximum atomic E-state index is 13.6. The van der Waals surface area contributed by atoms with Crippen LogP contribution in [0.25, 0.3) is 15.7 Å². The van der Waals surface area contributed by atoms with Gasteiger partial charge in [-0.2, -0.15) is 4.39 Å². The zero-order valence-electron chi connectivity index (χ0n) is 11.2. The Kier molecular flexibility index (Phi) is 3.32. The van der Waals surface area contributed by atoms with Crippen molar-refractivity contribution in [1.29, 1.82) is 0 Å². The van der Waals surface area contributed by atoms with Gasteiger partial charge in [0, 0.05) is 11.6 Å². The second kappa shape index (κ2) is 5.06. The number of phenolic OH excluding ortho intramolecular Hbond substituents is 1. The quantitative estimate of drug-likeness (QED) is 0.736. The lowest BCUT2D eigenvalue weighted by molar-refractivity contribution is 0.0527. The van der Waals surface area contributed by atoms with E-state index >= 15 is 0 Å². The normalized spacial score (nSPS) is 11.2. The molecule has 2 heterocycles. The van der Waals surface area contributed by atoms with Crippen molar-refractivity contribution in [2.75, 3.05) is 6.61 Å². The highest BCUT2D eigenvalue weighted by atomic mass is 32.1. The largest absolute Gasteiger partial charge is 0.503 e. The van der Waals surface area contributed by atoms with Crippen molar-refractivity contribution >= 4 is 33.0 Å². The molecule has 0 aliphatic carbocycles. The minimum absolute atomic E-state index is 0.0663. The number of carbonyl (C=O) groups excluding carboxylic acids is 1. The van der Waals surface area contributed by atoms with Crippen molar-refractivity contribution in [3.63, 3.8) is 0 Å². The average Bonchev–Trinajstić information content (AvgIpc) is 2.94. The average molecular weight is 325 g/mol. The van der Waals surface area contributed by atoms with E-state index in [9.17, 15) is 23.5 Å². The Balaban J connectivity index is 2.56. The number of halogens is 2. The maximum Gasteiger partial charge on any atom is 0.345 e. The number of fused-ring (bicyclic) bond motifs is 3. The Bertz CT molecular complexity index is 977. The molecule has 0 atom stereocenters. The third kappa shape index (κ3) is 1.87. The minimum Gasteiger partial charge on any atom is -0.503 e. The van der Waals surface area contributed by atoms with E-state index in [1.165, 1.54) is 10.6 Å². The second-order valence-electron chi connectivity index (χ2n) is 4.42. The Morgan fingerprint density at radius 3 is 2.86 bits per heavy atom. The van der Waals surface area contributed by atoms with Crippen molar-refractivity contribution in [3.05, 3.63) is 45.1 Å². The van der Waals surface area contributed by atoms with Crippen molar-refractivity contribution in [1.82, 2.24) is 4.40 Å². The molecule has 0 saturated heterocycles. The zero-order valence-corrected chi connectivity index (χ0v) is 12.0. The lowest BCUT2D eigenvalue weighted by atomic mass is 10.1. The van der Waals surface area contributed by atoms with Gasteiger partial charge in [0.05, 0.1) is 12.0 Å². The number of carbonyl (C=O) groups is 1. The van der Waals surface area contributed by atoms with Crippen molar-refractivity contribution in [2.45, 2.75) is 6.92 Å². The van der Waals surface area contributed by atoms with Crippen LogP contribution < -0.4 is 5.43 Å². The first-order valence-electron chi connectivity index (χ1n) is 6.27. The number of thiazole rings is 1. The number of phenols is 1. The highest BCUT2D eigenvalue weighted by Gasteiger charge is 2.24. The maximum absolute atomic E-state index is 13.6. The molecule has 1 aromatic carbocycles. The Hall–Kier alpha value is -2.48. The third-order valence-corrected chi connectivity index (χ3v) is 4.06. The molecule has 2 aromatic heterocycles. The van der Waals surface area contributed by atoms with E-state index in [0.29, 0.717) is 6.07 Å². The molecule has 0 unspecified atom stereocenters. The summed E-state index contributed by atoms with van der Waals surface area (Å²) in [5, 5.41) is 11.1. The summed E-state index contributed by atoms with van der Waals surface area (Å²) in [6.07, 6.45) is 1.45. The molecule has 0 spiro atoms. The molecule has 0 amide bonds. The summed E-state index contributed by atoms with van der Waals surface area (Å²) in [5.41, 5.74) is -1.27. The number of benzene rings is 1. The van der Waals surface area contributed by atoms with Crippen LogP contribution in [0.15, 0.2) is 22.4 Å². The second-order valence-corrected chi connectivity index (χ2v) is 5.31. The first-order chi connectivity index (χ1) is 10.5. The minimum atomic E-state index is -1.45. The lowest BCUT2D eigenvalue weighted by Crippen LogP contribution is -2.20. The fourth-order valence-electron chi connectivity index (χ4n) is 2.27. The van der Waals surface area contributed by atoms with Crippen LogP contribution in [0.2, 0.25) is 0 Å². The summed E-state index contributed by atoms with van der Waals surface area (Å²) in [6, 6.07) is 0.666. The summed E-state index contributed by atoms with van der Waals surface area (Å²) in [6.45, 7) is 1.65. The lowest BCUT2D eigenvalue weighted by Gasteiger charge is -2.09. The summed E-state index contributed by atoms with van der Waals surface area (Å²) in [4.78, 5) is 24.7. The number of hydrogen-bond acceptors (Lipinski definition) is 5. The van der Waals surface area contributed by atoms with Crippen LogP contribution in [0.1, 0.15) is 17.3 Å². The van der Waals surface area contributed by atoms with Gasteiger partial charge in [0.2, 0.25) is 11.2 Å². The standard InChI is InChI=1S/C14H9F2NO4S/c1-2-21-14(20)8-11(18)6-5-7(15)9(16)12(19)10(6)17-3-4-22-13(8)17/h3-5,19H,2H2,1H3. The summed E-state index contributed by atoms with van der Waals surface area (Å²) in [7, 11) is 0. The molecule has 3 rings (SSSR count). The first-order valence-corrected chi connectivity index (χ1v) is 7.15. The Labute approximate surface area is 126 Å². The third-order valence-electron chi connectivity index (χ3n) is 3.18. The molecule has 8 heteroatoms. The van der Waals surface area contributed by atoms with Crippen LogP contribution >= 0.6 is 11.3 Å². The van der Waals surface area contributed by atoms with E-state index in [-0.39, 0.29) is 27.9 Å². The van der Waals surface area contributed by atoms with Gasteiger partial charge in [-0.05, 0) is 13.0 Å². The number of aromatic nitrogens is 1. The molecule has 22 heavy (non-hydrogen) atoms. The van der Waals surface area contributed by atoms with Crippen LogP contribution in [-0.2, 0) is 4.74 Å². The van der Waals surface area contributed by atoms with E-state index in [0.717, 1.165) is 11.3 Å². The van der Waals surface area contributed by atoms with Gasteiger partial charge in [0.1, 0.15) is 15.9 Å². The fraction of sp³-hybridized carbons (Fsp3) is 0.143. The van der Waals surface area contributed by atoms with Crippen LogP contribution in [-0.4, -0.2) is 22.1 Å². The number of pyridine rings is 1. The van der Waals surface area contributed by atoms with Gasteiger partial charge in [-0.3, -0.25) is 4.79 Å². The van der Waals surface area contributed by atoms with E-state index in [1.807, 2.05) is 0 Å². The van der Waals surface area contributed by atoms with Gasteiger partial charge < -0.3 is 14.2 Å². The van der Waals surface area contributed by atoms with Crippen molar-refractivity contribution in [2.24, 2.45) is 0 Å². The molecule has 3 aromatic rings. The SMILES string of the molecule is CCOC(=O)c1c(=O)c2cc(F)c(F)c(O)c2n2ccsc12. The summed E-state index contributed by atoms with van der Waals surface area (Å²) in [5.74, 6) is -4.64. The molecule has 114 valence electrons. The first kappa shape index (κ1) is 14.5. The monoisotopic (exact) mass is 325 g/mol. The number of aromatic hydroxyl groups is 1. The van der Waals surface area contributed by atoms with Crippen LogP contribution in [0.3, 0.4) is 0 Å². The van der Waals surface area contributed by atoms with E-state index in [1.54, 1.807) is 12.3 Å². The molecule has 0 radical (unpaired) electrons. The molecular weight excluding hydrogens is 316 g/mol. The molecule has 0 aliphatic heterocycles. The van der Waals surface area contributed by atoms with Crippen molar-refractivity contribution in [3.8, 4) is 5.75 Å². The molecule has 0 fully saturated rings. The fourth-order valence-corrected chi connectivity index (χ4v) is 3.14. The molecule has 5 nitrogen and oxygen atoms in total. The van der Waals surface area contributed by atoms with Gasteiger partial charge in [-0.15, -0.1) is 11.3 Å². The number of nitrogens with zero attached hydrogens (tertiary/aromatic N) is 1. The van der Waals surface area contributed by atoms with Gasteiger partial charge in [0.15, 0.2) is 11.6 Å². The van der Waals surface area contributed by atoms with Crippen LogP contribution in [0.4, 0.5) is 8.78 Å². The Morgan fingerprint density at radius 2 is 2.18 bits per heavy atom. The van der Waals surface area contributed by atoms with Gasteiger partial charge in [-0.1, -0.05) is 0 Å². The highest BCUT2D eigenvalue weighted by Crippen LogP contribution is 2.31. The van der Waals surface area contributed by atoms with E-state index < -0.39 is 28.8 Å². The summed E-state index contributed by atoms with van der Waals surface area (Å²) < 4.78 is 33.2. The number of rotatable bonds is 2. The predicted molar refractivity (Wildman–Crippen MR) is 76.6 cm³/mol. The van der Waals surface area contributed by atoms with E-state index in [2.05, 4.69) is 0 Å². The van der Waals surface area contributed by atoms with Crippen LogP contribution in [0.5, 0.6) is 5.75 Å². The van der Waals surface area contributed by atoms with E-state index in [4.69, 9.17) is 4.74 Å². The van der Waals surface area contributed by atoms with Crippen LogP contribution in [0, 0.1) is 11.6 Å². The number of esters is 1. The molecule has 0 saturated carbocycles. The molecule has 0 bridgehead atoms. The number of hydrogen-bond donors (Lipinski definition) is 1. The topological polar surface area (TPSA) is 68.0 Å². The molecule has 0 aliphatic rings. The van der Waals surface area contributed by atoms with Gasteiger partial charge in [0.25, 0.3) is 0 Å². The summed E-state index contributed by atoms with van der Waals surface area (Å²) >= 11 is 1.05. The number of ether oxygens (including phenoxy) is 1. The zero-order chi connectivity index (χ0) is 16.0. The Morgan fingerprint density at radius 1 is 1.45 bits per heavy atom. The molecular formula is C14H9F2NO4S. The van der Waals surface area contributed by atoms with Gasteiger partial charge in [-0.25, -0.2) is 9.18 Å².